The van der Waals surface area contributed by atoms with Gasteiger partial charge >= 0.3 is 0 Å². The van der Waals surface area contributed by atoms with Gasteiger partial charge in [-0.15, -0.1) is 0 Å². The number of nitrogens with zero attached hydrogens (tertiary/aromatic N) is 2. The topological polar surface area (TPSA) is 53.0 Å². The van der Waals surface area contributed by atoms with Crippen LogP contribution in [0.5, 0.6) is 0 Å². The summed E-state index contributed by atoms with van der Waals surface area (Å²) in [4.78, 5) is 2.54. The molecule has 1 unspecified atom stereocenters. The third-order valence-electron chi connectivity index (χ3n) is 3.82. The molecule has 1 fully saturated rings. The minimum absolute atomic E-state index is 0.158. The lowest BCUT2D eigenvalue weighted by Gasteiger charge is -2.35. The summed E-state index contributed by atoms with van der Waals surface area (Å²) in [7, 11) is 0. The predicted molar refractivity (Wildman–Crippen MR) is 71.5 cm³/mol. The molecule has 98 valence electrons. The number of nitrogens with two attached hydrogens (primary N) is 1. The molecule has 1 aliphatic rings. The van der Waals surface area contributed by atoms with Crippen LogP contribution in [0.15, 0.2) is 0 Å². The Labute approximate surface area is 106 Å². The minimum atomic E-state index is -0.158. The van der Waals surface area contributed by atoms with Crippen molar-refractivity contribution in [2.75, 3.05) is 19.6 Å². The molecule has 3 nitrogen and oxygen atoms in total. The summed E-state index contributed by atoms with van der Waals surface area (Å²) in [5.74, 6) is 0. The molecule has 17 heavy (non-hydrogen) atoms. The zero-order valence-electron chi connectivity index (χ0n) is 11.4. The highest BCUT2D eigenvalue weighted by atomic mass is 15.2. The van der Waals surface area contributed by atoms with Gasteiger partial charge in [-0.3, -0.25) is 4.90 Å². The number of unbranched alkanes of at least 4 members (excludes halogenated alkanes) is 1. The summed E-state index contributed by atoms with van der Waals surface area (Å²) >= 11 is 0. The molecule has 0 aromatic rings. The Kier molecular flexibility index (Phi) is 5.94. The Morgan fingerprint density at radius 1 is 1.35 bits per heavy atom. The van der Waals surface area contributed by atoms with Gasteiger partial charge in [-0.25, -0.2) is 0 Å². The largest absolute Gasteiger partial charge is 0.329 e. The van der Waals surface area contributed by atoms with Crippen LogP contribution in [-0.2, 0) is 0 Å². The number of nitriles is 1. The summed E-state index contributed by atoms with van der Waals surface area (Å²) in [6.45, 7) is 7.21. The summed E-state index contributed by atoms with van der Waals surface area (Å²) in [5.41, 5.74) is 5.65. The number of rotatable bonds is 6. The highest BCUT2D eigenvalue weighted by Crippen LogP contribution is 2.22. The lowest BCUT2D eigenvalue weighted by atomic mass is 9.89. The second kappa shape index (κ2) is 6.98. The summed E-state index contributed by atoms with van der Waals surface area (Å²) < 4.78 is 0. The van der Waals surface area contributed by atoms with Gasteiger partial charge in [0.2, 0.25) is 0 Å². The highest BCUT2D eigenvalue weighted by Gasteiger charge is 2.21. The quantitative estimate of drug-likeness (QED) is 0.722. The smallest absolute Gasteiger partial charge is 0.0683 e. The van der Waals surface area contributed by atoms with Crippen LogP contribution >= 0.6 is 0 Å². The van der Waals surface area contributed by atoms with E-state index in [0.717, 1.165) is 25.9 Å². The van der Waals surface area contributed by atoms with Gasteiger partial charge in [-0.2, -0.15) is 5.26 Å². The second-order valence-corrected chi connectivity index (χ2v) is 5.87. The standard InChI is InChI=1S/C14H27N3/c1-14(2,12-16)8-4-6-10-17-9-5-3-7-13(17)11-15/h13H,3-11,15H2,1-2H3. The molecular formula is C14H27N3. The Hall–Kier alpha value is -0.590. The maximum atomic E-state index is 8.95. The Balaban J connectivity index is 2.19. The molecule has 0 bridgehead atoms. The van der Waals surface area contributed by atoms with E-state index in [4.69, 9.17) is 11.0 Å². The molecule has 3 heteroatoms. The lowest BCUT2D eigenvalue weighted by Crippen LogP contribution is -2.44. The molecule has 1 saturated heterocycles. The maximum absolute atomic E-state index is 8.95. The van der Waals surface area contributed by atoms with Crippen LogP contribution in [0.2, 0.25) is 0 Å². The van der Waals surface area contributed by atoms with Crippen molar-refractivity contribution in [2.24, 2.45) is 11.1 Å². The number of piperidine rings is 1. The number of hydrogen-bond acceptors (Lipinski definition) is 3. The van der Waals surface area contributed by atoms with E-state index in [0.29, 0.717) is 6.04 Å². The molecule has 1 aliphatic heterocycles. The first kappa shape index (κ1) is 14.5. The van der Waals surface area contributed by atoms with E-state index in [1.165, 1.54) is 32.2 Å². The first-order valence-corrected chi connectivity index (χ1v) is 6.94. The van der Waals surface area contributed by atoms with Crippen LogP contribution in [0.1, 0.15) is 52.4 Å². The van der Waals surface area contributed by atoms with Crippen molar-refractivity contribution in [1.82, 2.24) is 4.90 Å². The van der Waals surface area contributed by atoms with Crippen LogP contribution in [0.25, 0.3) is 0 Å². The first-order valence-electron chi connectivity index (χ1n) is 6.94. The molecule has 0 aromatic carbocycles. The summed E-state index contributed by atoms with van der Waals surface area (Å²) in [6.07, 6.45) is 7.26. The molecule has 0 spiro atoms. The van der Waals surface area contributed by atoms with Gasteiger partial charge in [-0.05, 0) is 52.6 Å². The molecule has 1 atom stereocenters. The predicted octanol–water partition coefficient (Wildman–Crippen LogP) is 2.52. The van der Waals surface area contributed by atoms with Gasteiger partial charge in [-0.1, -0.05) is 12.8 Å². The SMILES string of the molecule is CC(C)(C#N)CCCCN1CCCCC1CN. The van der Waals surface area contributed by atoms with Crippen molar-refractivity contribution in [3.63, 3.8) is 0 Å². The number of likely N-dealkylation sites (tertiary alicyclic amines) is 1. The van der Waals surface area contributed by atoms with Crippen LogP contribution in [-0.4, -0.2) is 30.6 Å². The maximum Gasteiger partial charge on any atom is 0.0683 e. The van der Waals surface area contributed by atoms with Gasteiger partial charge in [0, 0.05) is 12.6 Å². The molecule has 1 heterocycles. The highest BCUT2D eigenvalue weighted by molar-refractivity contribution is 4.91. The molecule has 0 amide bonds. The van der Waals surface area contributed by atoms with Gasteiger partial charge in [0.1, 0.15) is 0 Å². The fourth-order valence-electron chi connectivity index (χ4n) is 2.56. The number of hydrogen-bond donors (Lipinski definition) is 1. The van der Waals surface area contributed by atoms with E-state index in [1.54, 1.807) is 0 Å². The fourth-order valence-corrected chi connectivity index (χ4v) is 2.56. The van der Waals surface area contributed by atoms with Crippen molar-refractivity contribution in [3.8, 4) is 6.07 Å². The molecule has 1 rings (SSSR count). The Morgan fingerprint density at radius 2 is 2.12 bits per heavy atom. The monoisotopic (exact) mass is 237 g/mol. The van der Waals surface area contributed by atoms with Crippen LogP contribution in [0, 0.1) is 16.7 Å². The summed E-state index contributed by atoms with van der Waals surface area (Å²) in [5, 5.41) is 8.95. The van der Waals surface area contributed by atoms with E-state index < -0.39 is 0 Å². The Morgan fingerprint density at radius 3 is 2.76 bits per heavy atom. The average Bonchev–Trinajstić information content (AvgIpc) is 2.35. The summed E-state index contributed by atoms with van der Waals surface area (Å²) in [6, 6.07) is 2.97. The van der Waals surface area contributed by atoms with Gasteiger partial charge in [0.05, 0.1) is 11.5 Å². The Bertz CT molecular complexity index is 255. The average molecular weight is 237 g/mol. The van der Waals surface area contributed by atoms with Crippen molar-refractivity contribution in [1.29, 1.82) is 5.26 Å². The van der Waals surface area contributed by atoms with E-state index in [-0.39, 0.29) is 5.41 Å². The fraction of sp³-hybridized carbons (Fsp3) is 0.929. The van der Waals surface area contributed by atoms with Crippen LogP contribution in [0.4, 0.5) is 0 Å². The van der Waals surface area contributed by atoms with E-state index in [2.05, 4.69) is 11.0 Å². The van der Waals surface area contributed by atoms with Gasteiger partial charge < -0.3 is 5.73 Å². The normalized spacial score (nSPS) is 22.4. The molecular weight excluding hydrogens is 210 g/mol. The van der Waals surface area contributed by atoms with Crippen molar-refractivity contribution in [2.45, 2.75) is 58.4 Å². The van der Waals surface area contributed by atoms with E-state index in [9.17, 15) is 0 Å². The van der Waals surface area contributed by atoms with Gasteiger partial charge in [0.15, 0.2) is 0 Å². The van der Waals surface area contributed by atoms with Gasteiger partial charge in [0.25, 0.3) is 0 Å². The lowest BCUT2D eigenvalue weighted by molar-refractivity contribution is 0.149. The third kappa shape index (κ3) is 5.06. The van der Waals surface area contributed by atoms with E-state index in [1.807, 2.05) is 13.8 Å². The zero-order chi connectivity index (χ0) is 12.7. The first-order chi connectivity index (χ1) is 8.09. The zero-order valence-corrected chi connectivity index (χ0v) is 11.4. The van der Waals surface area contributed by atoms with Crippen molar-refractivity contribution < 1.29 is 0 Å². The molecule has 0 radical (unpaired) electrons. The van der Waals surface area contributed by atoms with Crippen molar-refractivity contribution >= 4 is 0 Å². The molecule has 0 saturated carbocycles. The van der Waals surface area contributed by atoms with Crippen molar-refractivity contribution in [3.05, 3.63) is 0 Å². The molecule has 0 aromatic heterocycles. The van der Waals surface area contributed by atoms with Crippen LogP contribution in [0.3, 0.4) is 0 Å². The van der Waals surface area contributed by atoms with E-state index >= 15 is 0 Å². The minimum Gasteiger partial charge on any atom is -0.329 e. The molecule has 0 aliphatic carbocycles. The second-order valence-electron chi connectivity index (χ2n) is 5.87. The van der Waals surface area contributed by atoms with Crippen LogP contribution < -0.4 is 5.73 Å². The third-order valence-corrected chi connectivity index (χ3v) is 3.82. The molecule has 2 N–H and O–H groups in total.